The summed E-state index contributed by atoms with van der Waals surface area (Å²) in [6.45, 7) is 5.35. The summed E-state index contributed by atoms with van der Waals surface area (Å²) < 4.78 is 2.01. The Balaban J connectivity index is 1.25. The molecule has 2 aromatic heterocycles. The summed E-state index contributed by atoms with van der Waals surface area (Å²) in [5, 5.41) is 14.2. The molecule has 214 valence electrons. The van der Waals surface area contributed by atoms with Crippen molar-refractivity contribution in [2.45, 2.75) is 50.7 Å². The number of benzene rings is 3. The maximum absolute atomic E-state index is 13.8. The van der Waals surface area contributed by atoms with E-state index in [1.165, 1.54) is 24.0 Å². The van der Waals surface area contributed by atoms with Crippen molar-refractivity contribution in [2.75, 3.05) is 26.2 Å². The van der Waals surface area contributed by atoms with Crippen LogP contribution in [0.1, 0.15) is 71.9 Å². The number of aromatic amines is 1. The van der Waals surface area contributed by atoms with Gasteiger partial charge in [0.25, 0.3) is 5.56 Å². The highest BCUT2D eigenvalue weighted by molar-refractivity contribution is 5.82. The van der Waals surface area contributed by atoms with Gasteiger partial charge in [-0.2, -0.15) is 0 Å². The number of piperazine rings is 1. The molecule has 2 aliphatic rings. The second-order valence-electron chi connectivity index (χ2n) is 11.7. The Morgan fingerprint density at radius 3 is 2.05 bits per heavy atom. The number of tetrazole rings is 1. The van der Waals surface area contributed by atoms with Crippen LogP contribution in [0.3, 0.4) is 0 Å². The molecule has 8 heteroatoms. The third-order valence-corrected chi connectivity index (χ3v) is 9.15. The van der Waals surface area contributed by atoms with E-state index in [1.807, 2.05) is 23.7 Å². The van der Waals surface area contributed by atoms with Crippen LogP contribution in [0.5, 0.6) is 0 Å². The Morgan fingerprint density at radius 1 is 0.786 bits per heavy atom. The van der Waals surface area contributed by atoms with Gasteiger partial charge in [0.05, 0.1) is 17.6 Å². The van der Waals surface area contributed by atoms with Gasteiger partial charge in [-0.25, -0.2) is 4.68 Å². The minimum Gasteiger partial charge on any atom is -0.321 e. The van der Waals surface area contributed by atoms with E-state index in [9.17, 15) is 4.79 Å². The average Bonchev–Trinajstić information content (AvgIpc) is 3.73. The van der Waals surface area contributed by atoms with E-state index >= 15 is 0 Å². The molecule has 5 aromatic rings. The number of pyridine rings is 1. The van der Waals surface area contributed by atoms with Gasteiger partial charge in [0.1, 0.15) is 6.04 Å². The molecule has 0 spiro atoms. The third-order valence-electron chi connectivity index (χ3n) is 9.15. The second kappa shape index (κ2) is 11.6. The number of hydrogen-bond donors (Lipinski definition) is 1. The predicted octanol–water partition coefficient (Wildman–Crippen LogP) is 5.43. The molecular formula is C34H37N7O. The Labute approximate surface area is 246 Å². The quantitative estimate of drug-likeness (QED) is 0.286. The van der Waals surface area contributed by atoms with Crippen LogP contribution >= 0.6 is 0 Å². The molecule has 8 nitrogen and oxygen atoms in total. The Kier molecular flexibility index (Phi) is 7.40. The van der Waals surface area contributed by atoms with E-state index in [-0.39, 0.29) is 23.7 Å². The molecule has 1 saturated heterocycles. The fourth-order valence-electron chi connectivity index (χ4n) is 7.03. The first-order valence-electron chi connectivity index (χ1n) is 15.2. The molecule has 7 rings (SSSR count). The summed E-state index contributed by atoms with van der Waals surface area (Å²) in [5.41, 5.74) is 5.17. The SMILES string of the molecule is Cc1cccc2cc([C@H](c3nnnn3C3CCCC3)N3CCN(C(c4ccccc4)c4ccccc4)CC3)c(=O)[nH]c12. The molecule has 1 N–H and O–H groups in total. The zero-order valence-corrected chi connectivity index (χ0v) is 24.1. The molecule has 1 aliphatic heterocycles. The van der Waals surface area contributed by atoms with E-state index in [4.69, 9.17) is 0 Å². The lowest BCUT2D eigenvalue weighted by atomic mass is 9.96. The maximum Gasteiger partial charge on any atom is 0.253 e. The van der Waals surface area contributed by atoms with Crippen LogP contribution in [0, 0.1) is 6.92 Å². The Hall–Kier alpha value is -4.14. The van der Waals surface area contributed by atoms with E-state index in [1.54, 1.807) is 0 Å². The first-order chi connectivity index (χ1) is 20.7. The van der Waals surface area contributed by atoms with Crippen molar-refractivity contribution in [3.05, 3.63) is 123 Å². The highest BCUT2D eigenvalue weighted by Gasteiger charge is 2.36. The smallest absolute Gasteiger partial charge is 0.253 e. The Morgan fingerprint density at radius 2 is 1.40 bits per heavy atom. The normalized spacial score (nSPS) is 17.8. The summed E-state index contributed by atoms with van der Waals surface area (Å²) in [4.78, 5) is 21.9. The number of hydrogen-bond acceptors (Lipinski definition) is 6. The lowest BCUT2D eigenvalue weighted by molar-refractivity contribution is 0.0850. The largest absolute Gasteiger partial charge is 0.321 e. The molecule has 2 fully saturated rings. The van der Waals surface area contributed by atoms with Crippen LogP contribution < -0.4 is 5.56 Å². The number of para-hydroxylation sites is 1. The van der Waals surface area contributed by atoms with E-state index < -0.39 is 0 Å². The lowest BCUT2D eigenvalue weighted by Crippen LogP contribution is -2.50. The number of rotatable bonds is 7. The molecule has 42 heavy (non-hydrogen) atoms. The topological polar surface area (TPSA) is 82.9 Å². The molecule has 3 aromatic carbocycles. The van der Waals surface area contributed by atoms with Crippen LogP contribution in [0.2, 0.25) is 0 Å². The summed E-state index contributed by atoms with van der Waals surface area (Å²) in [5.74, 6) is 0.774. The molecule has 0 unspecified atom stereocenters. The fourth-order valence-corrected chi connectivity index (χ4v) is 7.03. The van der Waals surface area contributed by atoms with E-state index in [2.05, 4.69) is 103 Å². The third kappa shape index (κ3) is 5.05. The predicted molar refractivity (Wildman–Crippen MR) is 164 cm³/mol. The molecule has 0 bridgehead atoms. The molecule has 0 amide bonds. The van der Waals surface area contributed by atoms with Gasteiger partial charge in [0, 0.05) is 31.7 Å². The second-order valence-corrected chi connectivity index (χ2v) is 11.7. The van der Waals surface area contributed by atoms with Gasteiger partial charge >= 0.3 is 0 Å². The van der Waals surface area contributed by atoms with Crippen molar-refractivity contribution < 1.29 is 0 Å². The first-order valence-corrected chi connectivity index (χ1v) is 15.2. The Bertz CT molecular complexity index is 1660. The summed E-state index contributed by atoms with van der Waals surface area (Å²) in [6.07, 6.45) is 4.51. The van der Waals surface area contributed by atoms with Gasteiger partial charge in [-0.3, -0.25) is 14.6 Å². The standard InChI is InChI=1S/C34H37N7O/c1-24-11-10-16-27-23-29(34(42)35-30(24)27)32(33-36-37-38-41(33)28-17-8-9-18-28)40-21-19-39(20-22-40)31(25-12-4-2-5-13-25)26-14-6-3-7-15-26/h2-7,10-16,23,28,31-32H,8-9,17-22H2,1H3,(H,35,42)/t32-/m1/s1. The van der Waals surface area contributed by atoms with E-state index in [0.717, 1.165) is 61.3 Å². The highest BCUT2D eigenvalue weighted by atomic mass is 16.1. The molecule has 1 atom stereocenters. The van der Waals surface area contributed by atoms with Crippen molar-refractivity contribution in [3.63, 3.8) is 0 Å². The minimum atomic E-state index is -0.330. The van der Waals surface area contributed by atoms with E-state index in [0.29, 0.717) is 5.56 Å². The van der Waals surface area contributed by atoms with Crippen molar-refractivity contribution in [3.8, 4) is 0 Å². The van der Waals surface area contributed by atoms with Crippen molar-refractivity contribution >= 4 is 10.9 Å². The van der Waals surface area contributed by atoms with Gasteiger partial charge in [-0.05, 0) is 58.3 Å². The molecule has 3 heterocycles. The average molecular weight is 560 g/mol. The number of H-pyrrole nitrogens is 1. The first kappa shape index (κ1) is 26.7. The number of aromatic nitrogens is 5. The van der Waals surface area contributed by atoms with Gasteiger partial charge in [-0.15, -0.1) is 5.10 Å². The zero-order valence-electron chi connectivity index (χ0n) is 24.1. The minimum absolute atomic E-state index is 0.0725. The van der Waals surface area contributed by atoms with Crippen LogP contribution in [0.4, 0.5) is 0 Å². The van der Waals surface area contributed by atoms with Crippen molar-refractivity contribution in [2.24, 2.45) is 0 Å². The van der Waals surface area contributed by atoms with Crippen LogP contribution in [-0.4, -0.2) is 61.2 Å². The highest BCUT2D eigenvalue weighted by Crippen LogP contribution is 2.36. The number of fused-ring (bicyclic) bond motifs is 1. The molecule has 1 saturated carbocycles. The summed E-state index contributed by atoms with van der Waals surface area (Å²) in [7, 11) is 0. The maximum atomic E-state index is 13.8. The zero-order chi connectivity index (χ0) is 28.5. The van der Waals surface area contributed by atoms with Gasteiger partial charge < -0.3 is 4.98 Å². The summed E-state index contributed by atoms with van der Waals surface area (Å²) >= 11 is 0. The van der Waals surface area contributed by atoms with Crippen LogP contribution in [0.25, 0.3) is 10.9 Å². The number of nitrogens with one attached hydrogen (secondary N) is 1. The monoisotopic (exact) mass is 559 g/mol. The fraction of sp³-hybridized carbons (Fsp3) is 0.353. The number of nitrogens with zero attached hydrogens (tertiary/aromatic N) is 6. The molecule has 1 aliphatic carbocycles. The summed E-state index contributed by atoms with van der Waals surface area (Å²) in [6, 6.07) is 29.8. The van der Waals surface area contributed by atoms with Gasteiger partial charge in [-0.1, -0.05) is 91.7 Å². The lowest BCUT2D eigenvalue weighted by Gasteiger charge is -2.42. The van der Waals surface area contributed by atoms with Crippen LogP contribution in [-0.2, 0) is 0 Å². The molecular weight excluding hydrogens is 522 g/mol. The molecule has 0 radical (unpaired) electrons. The van der Waals surface area contributed by atoms with Crippen LogP contribution in [0.15, 0.2) is 89.7 Å². The van der Waals surface area contributed by atoms with Gasteiger partial charge in [0.2, 0.25) is 0 Å². The van der Waals surface area contributed by atoms with Crippen molar-refractivity contribution in [1.29, 1.82) is 0 Å². The van der Waals surface area contributed by atoms with Crippen molar-refractivity contribution in [1.82, 2.24) is 35.0 Å². The van der Waals surface area contributed by atoms with Gasteiger partial charge in [0.15, 0.2) is 5.82 Å². The number of aryl methyl sites for hydroxylation is 1.